The number of nitrogens with two attached hydrogens (primary N) is 1. The van der Waals surface area contributed by atoms with Gasteiger partial charge in [-0.25, -0.2) is 54.6 Å². The summed E-state index contributed by atoms with van der Waals surface area (Å²) in [6, 6.07) is 21.2. The first-order chi connectivity index (χ1) is 56.3. The van der Waals surface area contributed by atoms with Crippen molar-refractivity contribution in [3.8, 4) is 34.5 Å². The minimum Gasteiger partial charge on any atom is -0.857 e. The number of pyridine rings is 5. The third-order valence-corrected chi connectivity index (χ3v) is 17.2. The van der Waals surface area contributed by atoms with E-state index in [2.05, 4.69) is 122 Å². The number of nitrogen functional groups attached to an aromatic ring is 1. The van der Waals surface area contributed by atoms with Gasteiger partial charge in [-0.05, 0) is 79.4 Å². The number of rotatable bonds is 30. The molecule has 0 saturated heterocycles. The molecule has 0 aliphatic heterocycles. The minimum atomic E-state index is -4.64. The molecule has 0 amide bonds. The number of benzene rings is 2. The van der Waals surface area contributed by atoms with Crippen molar-refractivity contribution in [2.75, 3.05) is 102 Å². The Labute approximate surface area is 718 Å². The Morgan fingerprint density at radius 2 is 0.915 bits per heavy atom. The number of fused-ring (bicyclic) bond motifs is 5. The number of anilines is 6. The molecular formula is C76H91Cl4F3N21NaO13. The number of H-pyrrole nitrogens is 2. The maximum Gasteiger partial charge on any atom is 1.00 e. The number of hydrogen-bond donors (Lipinski definition) is 11. The molecule has 12 N–H and O–H groups in total. The first-order valence-electron chi connectivity index (χ1n) is 36.1. The van der Waals surface area contributed by atoms with E-state index < -0.39 is 23.7 Å². The zero-order valence-corrected chi connectivity index (χ0v) is 71.5. The van der Waals surface area contributed by atoms with E-state index in [0.29, 0.717) is 125 Å². The summed E-state index contributed by atoms with van der Waals surface area (Å²) in [5.74, 6) is 6.74. The smallest absolute Gasteiger partial charge is 0.857 e. The van der Waals surface area contributed by atoms with Crippen molar-refractivity contribution in [1.29, 1.82) is 0 Å². The second-order valence-corrected chi connectivity index (χ2v) is 26.1. The molecule has 12 rings (SSSR count). The Bertz CT molecular complexity index is 5270. The first kappa shape index (κ1) is 98.1. The molecule has 10 heterocycles. The van der Waals surface area contributed by atoms with Gasteiger partial charge in [-0.15, -0.1) is 0 Å². The number of methoxy groups -OCH3 is 6. The zero-order chi connectivity index (χ0) is 85.6. The van der Waals surface area contributed by atoms with Crippen LogP contribution in [0.1, 0.15) is 89.7 Å². The molecule has 0 bridgehead atoms. The van der Waals surface area contributed by atoms with Gasteiger partial charge < -0.3 is 86.1 Å². The Kier molecular flexibility index (Phi) is 42.4. The second-order valence-electron chi connectivity index (χ2n) is 24.6. The van der Waals surface area contributed by atoms with Crippen molar-refractivity contribution in [3.63, 3.8) is 0 Å². The largest absolute Gasteiger partial charge is 1.00 e. The molecule has 12 aromatic rings. The van der Waals surface area contributed by atoms with Crippen molar-refractivity contribution in [1.82, 2.24) is 74.8 Å². The first-order valence-corrected chi connectivity index (χ1v) is 37.6. The molecule has 0 saturated carbocycles. The maximum atomic E-state index is 11.1. The van der Waals surface area contributed by atoms with Crippen LogP contribution in [0.4, 0.5) is 48.5 Å². The number of aromatic amines is 2. The van der Waals surface area contributed by atoms with Crippen molar-refractivity contribution in [2.24, 2.45) is 0 Å². The molecule has 628 valence electrons. The second kappa shape index (κ2) is 51.0. The summed E-state index contributed by atoms with van der Waals surface area (Å²) in [5.41, 5.74) is 12.1. The SMILES string of the molecule is CCCC[C@H](CO)Nc1nc(N)nc2cc(OC)cnc12.CCCC[C@H](CO)Nc1nc(NCc2ccc(OC)cc2OC)nc2cc(Cl)cnc12.CCCC[C@H](CO)Nc1nc(NCc2ccc(OC)cc2OC)nc2cc(OC)cnc12.C[O-].Clc1cnc2c(Cl)nc(Cl)nc2c1.O=CC(F)(F)F.O=c1[nH]c(=O)c2ncccc2[nH]1.[Na+]. The fourth-order valence-corrected chi connectivity index (χ4v) is 11.3. The van der Waals surface area contributed by atoms with E-state index in [1.54, 1.807) is 91.6 Å². The summed E-state index contributed by atoms with van der Waals surface area (Å²) in [6.07, 6.45) is 10.8. The van der Waals surface area contributed by atoms with Crippen molar-refractivity contribution in [3.05, 3.63) is 156 Å². The van der Waals surface area contributed by atoms with Gasteiger partial charge in [0.2, 0.25) is 29.4 Å². The quantitative estimate of drug-likeness (QED) is 0.00866. The molecule has 3 atom stereocenters. The van der Waals surface area contributed by atoms with Crippen LogP contribution < -0.4 is 107 Å². The number of nitrogens with zero attached hydrogens (tertiary/aromatic N) is 13. The number of carbonyl (C=O) groups excluding carboxylic acids is 1. The summed E-state index contributed by atoms with van der Waals surface area (Å²) in [6.45, 7) is 7.30. The topological polar surface area (TPSA) is 476 Å². The number of aromatic nitrogens is 15. The van der Waals surface area contributed by atoms with Crippen LogP contribution in [0.5, 0.6) is 34.5 Å². The monoisotopic (exact) mass is 1730 g/mol. The van der Waals surface area contributed by atoms with Gasteiger partial charge in [-0.3, -0.25) is 14.6 Å². The number of hydrogen-bond acceptors (Lipinski definition) is 32. The minimum absolute atomic E-state index is 0. The van der Waals surface area contributed by atoms with E-state index in [1.165, 1.54) is 12.4 Å². The summed E-state index contributed by atoms with van der Waals surface area (Å²) in [4.78, 5) is 90.5. The molecule has 0 aliphatic carbocycles. The summed E-state index contributed by atoms with van der Waals surface area (Å²) in [5, 5.41) is 54.9. The van der Waals surface area contributed by atoms with E-state index in [-0.39, 0.29) is 89.4 Å². The van der Waals surface area contributed by atoms with E-state index >= 15 is 0 Å². The van der Waals surface area contributed by atoms with Crippen LogP contribution in [0.25, 0.3) is 55.2 Å². The number of nitrogens with one attached hydrogen (secondary N) is 7. The van der Waals surface area contributed by atoms with Gasteiger partial charge in [-0.1, -0.05) is 94.1 Å². The molecule has 0 spiro atoms. The van der Waals surface area contributed by atoms with Gasteiger partial charge in [0.1, 0.15) is 67.6 Å². The van der Waals surface area contributed by atoms with Crippen LogP contribution in [0, 0.1) is 0 Å². The van der Waals surface area contributed by atoms with E-state index in [0.717, 1.165) is 87.5 Å². The Morgan fingerprint density at radius 3 is 1.33 bits per heavy atom. The fourth-order valence-electron chi connectivity index (χ4n) is 10.5. The standard InChI is InChI=1S/C23H31N5O4.C22H28ClN5O3.C14H21N5O2.C7H2Cl3N3.C7H5N3O2.C2HF3O.CH3O.Na/c1-5-6-7-16(14-29)26-22-21-19(10-18(31-3)13-24-21)27-23(28-22)25-12-15-8-9-17(30-2)11-20(15)32-4;1-4-5-6-16(13-29)26-21-20-18(9-15(23)12-24-20)27-22(28-21)25-11-14-7-8-17(30-2)10-19(14)31-3;1-3-4-5-9(8-20)17-13-12-11(18-14(15)19-13)6-10(21-2)7-16-12;8-3-1-4-5(11-2-3)6(9)13-7(10)12-4;11-6-5-4(2-1-3-8-5)9-7(12)10-6;3-2(4,5)1-6;1-2;/h8-11,13,16,29H,5-7,12,14H2,1-4H3,(H2,25,26,27,28);7-10,12,16,29H,4-6,11,13H2,1-3H3,(H2,25,26,27,28);6-7,9,20H,3-5,8H2,1-2H3,(H3,15,17,18,19);1-2H;1-3H,(H2,9,10,11,12);1H;1H3;/q;;;;;;-1;+1/t2*16-;9-;;;;;/m111...../s1. The Balaban J connectivity index is 0.000000267. The number of aliphatic hydroxyl groups is 3. The predicted octanol–water partition coefficient (Wildman–Crippen LogP) is 8.80. The van der Waals surface area contributed by atoms with Gasteiger partial charge in [0.15, 0.2) is 28.1 Å². The number of aliphatic hydroxyl groups excluding tert-OH is 3. The zero-order valence-electron chi connectivity index (χ0n) is 66.5. The summed E-state index contributed by atoms with van der Waals surface area (Å²) in [7, 11) is 10.4. The van der Waals surface area contributed by atoms with Gasteiger partial charge in [0.05, 0.1) is 120 Å². The van der Waals surface area contributed by atoms with Crippen LogP contribution in [0.2, 0.25) is 20.5 Å². The van der Waals surface area contributed by atoms with Crippen LogP contribution in [-0.4, -0.2) is 190 Å². The molecule has 42 heteroatoms. The Hall–Kier alpha value is -10.5. The van der Waals surface area contributed by atoms with E-state index in [9.17, 15) is 38.1 Å². The van der Waals surface area contributed by atoms with Gasteiger partial charge >= 0.3 is 41.4 Å². The van der Waals surface area contributed by atoms with Gasteiger partial charge in [-0.2, -0.15) is 35.2 Å². The summed E-state index contributed by atoms with van der Waals surface area (Å²) < 4.78 is 63.1. The third-order valence-electron chi connectivity index (χ3n) is 16.3. The Morgan fingerprint density at radius 1 is 0.508 bits per heavy atom. The normalized spacial score (nSPS) is 11.4. The molecule has 118 heavy (non-hydrogen) atoms. The number of aldehydes is 1. The average Bonchev–Trinajstić information content (AvgIpc) is 0.782. The molecule has 10 aromatic heterocycles. The number of ether oxygens (including phenoxy) is 6. The molecule has 34 nitrogen and oxygen atoms in total. The number of carbonyl (C=O) groups is 1. The molecule has 0 radical (unpaired) electrons. The number of halogens is 7. The van der Waals surface area contributed by atoms with Crippen LogP contribution in [0.3, 0.4) is 0 Å². The molecule has 0 aliphatic rings. The van der Waals surface area contributed by atoms with Crippen molar-refractivity contribution in [2.45, 2.75) is 116 Å². The molecular weight excluding hydrogens is 1640 g/mol. The average molecular weight is 1730 g/mol. The van der Waals surface area contributed by atoms with Crippen LogP contribution in [-0.2, 0) is 17.9 Å². The molecule has 0 unspecified atom stereocenters. The predicted molar refractivity (Wildman–Crippen MR) is 444 cm³/mol. The van der Waals surface area contributed by atoms with E-state index in [1.807, 2.05) is 42.5 Å². The maximum absolute atomic E-state index is 11.1. The van der Waals surface area contributed by atoms with Gasteiger partial charge in [0.25, 0.3) is 5.56 Å². The molecule has 2 aromatic carbocycles. The number of unbranched alkanes of at least 4 members (excludes halogenated alkanes) is 3. The molecule has 0 fully saturated rings. The number of alkyl halides is 3. The van der Waals surface area contributed by atoms with Crippen molar-refractivity contribution < 1.29 is 96.4 Å². The fraction of sp³-hybridized carbons (Fsp3) is 0.368. The van der Waals surface area contributed by atoms with Crippen LogP contribution in [0.15, 0.2) is 113 Å². The van der Waals surface area contributed by atoms with Crippen LogP contribution >= 0.6 is 46.4 Å². The summed E-state index contributed by atoms with van der Waals surface area (Å²) >= 11 is 23.2. The van der Waals surface area contributed by atoms with Gasteiger partial charge in [0, 0.05) is 67.1 Å². The van der Waals surface area contributed by atoms with Crippen molar-refractivity contribution >= 4 is 143 Å². The van der Waals surface area contributed by atoms with E-state index in [4.69, 9.17) is 90.5 Å². The third kappa shape index (κ3) is 30.8.